The van der Waals surface area contributed by atoms with Crippen LogP contribution in [0.5, 0.6) is 5.75 Å². The predicted octanol–water partition coefficient (Wildman–Crippen LogP) is 4.45. The fraction of sp³-hybridized carbons (Fsp3) is 0.360. The molecule has 0 bridgehead atoms. The van der Waals surface area contributed by atoms with Crippen molar-refractivity contribution in [1.29, 1.82) is 0 Å². The molecule has 1 amide bonds. The number of ether oxygens (including phenoxy) is 1. The monoisotopic (exact) mass is 466 g/mol. The van der Waals surface area contributed by atoms with Gasteiger partial charge in [-0.3, -0.25) is 9.89 Å². The Labute approximate surface area is 196 Å². The molecule has 0 atom stereocenters. The van der Waals surface area contributed by atoms with Crippen molar-refractivity contribution in [3.8, 4) is 5.75 Å². The van der Waals surface area contributed by atoms with Gasteiger partial charge in [0.05, 0.1) is 22.7 Å². The van der Waals surface area contributed by atoms with E-state index in [0.29, 0.717) is 29.7 Å². The van der Waals surface area contributed by atoms with Crippen molar-refractivity contribution < 1.29 is 13.9 Å². The van der Waals surface area contributed by atoms with E-state index in [1.54, 1.807) is 18.2 Å². The molecule has 2 aliphatic rings. The summed E-state index contributed by atoms with van der Waals surface area (Å²) in [7, 11) is 0. The van der Waals surface area contributed by atoms with Gasteiger partial charge in [-0.05, 0) is 68.6 Å². The van der Waals surface area contributed by atoms with Crippen molar-refractivity contribution >= 4 is 34.6 Å². The highest BCUT2D eigenvalue weighted by Gasteiger charge is 2.23. The normalized spacial score (nSPS) is 16.6. The third kappa shape index (κ3) is 5.07. The Morgan fingerprint density at radius 1 is 1.21 bits per heavy atom. The molecular weight excluding hydrogens is 439 g/mol. The molecule has 0 aliphatic carbocycles. The first kappa shape index (κ1) is 22.0. The van der Waals surface area contributed by atoms with Crippen LogP contribution in [-0.4, -0.2) is 53.8 Å². The molecule has 2 aromatic carbocycles. The van der Waals surface area contributed by atoms with Crippen LogP contribution in [0.25, 0.3) is 17.0 Å². The molecule has 8 heteroatoms. The van der Waals surface area contributed by atoms with E-state index in [1.807, 2.05) is 24.3 Å². The van der Waals surface area contributed by atoms with Gasteiger partial charge in [-0.1, -0.05) is 30.0 Å². The molecule has 3 aromatic rings. The van der Waals surface area contributed by atoms with Crippen LogP contribution >= 0.6 is 11.8 Å². The van der Waals surface area contributed by atoms with Crippen LogP contribution in [0.15, 0.2) is 52.3 Å². The fourth-order valence-corrected chi connectivity index (χ4v) is 5.44. The molecule has 2 aliphatic heterocycles. The summed E-state index contributed by atoms with van der Waals surface area (Å²) in [5.74, 6) is 0.458. The maximum Gasteiger partial charge on any atom is 0.258 e. The molecular formula is C25H27FN4O2S. The fourth-order valence-electron chi connectivity index (χ4n) is 4.41. The second kappa shape index (κ2) is 9.97. The van der Waals surface area contributed by atoms with E-state index in [1.165, 1.54) is 17.8 Å². The van der Waals surface area contributed by atoms with Gasteiger partial charge in [-0.15, -0.1) is 0 Å². The zero-order valence-corrected chi connectivity index (χ0v) is 19.2. The number of carbonyl (C=O) groups is 1. The van der Waals surface area contributed by atoms with Crippen LogP contribution in [0.3, 0.4) is 0 Å². The van der Waals surface area contributed by atoms with Gasteiger partial charge >= 0.3 is 0 Å². The summed E-state index contributed by atoms with van der Waals surface area (Å²) in [6, 6.07) is 12.5. The van der Waals surface area contributed by atoms with E-state index in [0.717, 1.165) is 60.4 Å². The summed E-state index contributed by atoms with van der Waals surface area (Å²) in [6.07, 6.45) is 4.85. The highest BCUT2D eigenvalue weighted by molar-refractivity contribution is 8.04. The largest absolute Gasteiger partial charge is 0.490 e. The molecule has 172 valence electrons. The zero-order valence-electron chi connectivity index (χ0n) is 18.4. The third-order valence-corrected chi connectivity index (χ3v) is 7.35. The number of halogens is 1. The quantitative estimate of drug-likeness (QED) is 0.480. The Morgan fingerprint density at radius 3 is 2.91 bits per heavy atom. The van der Waals surface area contributed by atoms with Gasteiger partial charge < -0.3 is 15.0 Å². The maximum atomic E-state index is 13.6. The Balaban J connectivity index is 1.03. The van der Waals surface area contributed by atoms with Gasteiger partial charge in [0, 0.05) is 23.4 Å². The number of thioether (sulfide) groups is 1. The van der Waals surface area contributed by atoms with Gasteiger partial charge in [-0.25, -0.2) is 4.39 Å². The van der Waals surface area contributed by atoms with Crippen LogP contribution < -0.4 is 10.1 Å². The molecule has 0 unspecified atom stereocenters. The SMILES string of the molecule is O=C(NCC1CCN(CCCOc2ccccc2F)CC1)C1=Cc2n[nH]c3cccc(c23)S1. The number of likely N-dealkylation sites (tertiary alicyclic amines) is 1. The van der Waals surface area contributed by atoms with Crippen LogP contribution in [0, 0.1) is 11.7 Å². The topological polar surface area (TPSA) is 70.2 Å². The molecule has 0 radical (unpaired) electrons. The number of piperidine rings is 1. The summed E-state index contributed by atoms with van der Waals surface area (Å²) >= 11 is 1.51. The first-order chi connectivity index (χ1) is 16.2. The predicted molar refractivity (Wildman–Crippen MR) is 129 cm³/mol. The van der Waals surface area contributed by atoms with Gasteiger partial charge in [0.15, 0.2) is 11.6 Å². The van der Waals surface area contributed by atoms with E-state index in [4.69, 9.17) is 4.74 Å². The summed E-state index contributed by atoms with van der Waals surface area (Å²) in [5.41, 5.74) is 1.83. The number of aromatic amines is 1. The van der Waals surface area contributed by atoms with Gasteiger partial charge in [0.2, 0.25) is 0 Å². The molecule has 1 aromatic heterocycles. The molecule has 1 fully saturated rings. The van der Waals surface area contributed by atoms with E-state index < -0.39 is 0 Å². The van der Waals surface area contributed by atoms with Crippen molar-refractivity contribution in [2.75, 3.05) is 32.8 Å². The molecule has 1 saturated heterocycles. The molecule has 33 heavy (non-hydrogen) atoms. The van der Waals surface area contributed by atoms with Crippen molar-refractivity contribution in [3.05, 3.63) is 58.9 Å². The summed E-state index contributed by atoms with van der Waals surface area (Å²) < 4.78 is 19.1. The first-order valence-electron chi connectivity index (χ1n) is 11.4. The lowest BCUT2D eigenvalue weighted by molar-refractivity contribution is -0.117. The maximum absolute atomic E-state index is 13.6. The number of rotatable bonds is 8. The molecule has 3 heterocycles. The molecule has 2 N–H and O–H groups in total. The summed E-state index contributed by atoms with van der Waals surface area (Å²) in [4.78, 5) is 17.0. The van der Waals surface area contributed by atoms with Crippen LogP contribution in [0.4, 0.5) is 4.39 Å². The second-order valence-corrected chi connectivity index (χ2v) is 9.61. The highest BCUT2D eigenvalue weighted by Crippen LogP contribution is 2.39. The number of hydrogen-bond acceptors (Lipinski definition) is 5. The highest BCUT2D eigenvalue weighted by atomic mass is 32.2. The second-order valence-electron chi connectivity index (χ2n) is 8.53. The van der Waals surface area contributed by atoms with Crippen molar-refractivity contribution in [2.45, 2.75) is 24.2 Å². The van der Waals surface area contributed by atoms with Crippen LogP contribution in [0.1, 0.15) is 25.0 Å². The number of aromatic nitrogens is 2. The lowest BCUT2D eigenvalue weighted by Gasteiger charge is -2.32. The van der Waals surface area contributed by atoms with E-state index >= 15 is 0 Å². The number of nitrogens with zero attached hydrogens (tertiary/aromatic N) is 2. The number of carbonyl (C=O) groups excluding carboxylic acids is 1. The number of H-pyrrole nitrogens is 1. The van der Waals surface area contributed by atoms with Crippen LogP contribution in [0.2, 0.25) is 0 Å². The molecule has 6 nitrogen and oxygen atoms in total. The Kier molecular flexibility index (Phi) is 6.64. The average molecular weight is 467 g/mol. The Morgan fingerprint density at radius 2 is 2.06 bits per heavy atom. The van der Waals surface area contributed by atoms with E-state index in [-0.39, 0.29) is 11.7 Å². The average Bonchev–Trinajstić information content (AvgIpc) is 3.26. The summed E-state index contributed by atoms with van der Waals surface area (Å²) in [5, 5.41) is 11.6. The molecule has 0 spiro atoms. The minimum atomic E-state index is -0.315. The summed E-state index contributed by atoms with van der Waals surface area (Å²) in [6.45, 7) is 4.16. The smallest absolute Gasteiger partial charge is 0.258 e. The number of nitrogens with one attached hydrogen (secondary N) is 2. The zero-order chi connectivity index (χ0) is 22.6. The van der Waals surface area contributed by atoms with Gasteiger partial charge in [-0.2, -0.15) is 5.10 Å². The lowest BCUT2D eigenvalue weighted by atomic mass is 9.96. The third-order valence-electron chi connectivity index (χ3n) is 6.26. The number of amides is 1. The number of hydrogen-bond donors (Lipinski definition) is 2. The Bertz CT molecular complexity index is 1170. The van der Waals surface area contributed by atoms with Gasteiger partial charge in [0.1, 0.15) is 0 Å². The van der Waals surface area contributed by atoms with Crippen LogP contribution in [-0.2, 0) is 4.79 Å². The lowest BCUT2D eigenvalue weighted by Crippen LogP contribution is -2.39. The van der Waals surface area contributed by atoms with Gasteiger partial charge in [0.25, 0.3) is 5.91 Å². The minimum Gasteiger partial charge on any atom is -0.490 e. The van der Waals surface area contributed by atoms with Crippen molar-refractivity contribution in [1.82, 2.24) is 20.4 Å². The van der Waals surface area contributed by atoms with Crippen molar-refractivity contribution in [3.63, 3.8) is 0 Å². The standard InChI is InChI=1S/C25H27FN4O2S/c26-18-5-1-2-7-21(18)32-14-4-11-30-12-9-17(10-13-30)16-27-25(31)23-15-20-24-19(28-29-20)6-3-8-22(24)33-23/h1-3,5-8,15,17H,4,9-14,16H2,(H,27,31)(H,28,29). The number of para-hydroxylation sites is 1. The number of benzene rings is 2. The molecule has 0 saturated carbocycles. The Hall–Kier alpha value is -2.84. The first-order valence-corrected chi connectivity index (χ1v) is 12.2. The minimum absolute atomic E-state index is 0.0293. The van der Waals surface area contributed by atoms with E-state index in [2.05, 4.69) is 20.4 Å². The van der Waals surface area contributed by atoms with Crippen molar-refractivity contribution in [2.24, 2.45) is 5.92 Å². The van der Waals surface area contributed by atoms with E-state index in [9.17, 15) is 9.18 Å². The molecule has 5 rings (SSSR count).